The van der Waals surface area contributed by atoms with Crippen LogP contribution in [0.2, 0.25) is 0 Å². The Hall–Kier alpha value is -1.29. The van der Waals surface area contributed by atoms with E-state index in [9.17, 15) is 10.1 Å². The van der Waals surface area contributed by atoms with Gasteiger partial charge in [-0.05, 0) is 18.2 Å². The lowest BCUT2D eigenvalue weighted by Crippen LogP contribution is -1.90. The maximum atomic E-state index is 10.6. The highest BCUT2D eigenvalue weighted by Crippen LogP contribution is 2.18. The summed E-state index contributed by atoms with van der Waals surface area (Å²) in [6.45, 7) is 0. The molecule has 0 aliphatic carbocycles. The van der Waals surface area contributed by atoms with Crippen molar-refractivity contribution in [1.29, 1.82) is 0 Å². The third-order valence-corrected chi connectivity index (χ3v) is 1.98. The zero-order valence-corrected chi connectivity index (χ0v) is 8.48. The van der Waals surface area contributed by atoms with Crippen LogP contribution < -0.4 is 0 Å². The molecule has 0 N–H and O–H groups in total. The summed E-state index contributed by atoms with van der Waals surface area (Å²) < 4.78 is 0. The maximum absolute atomic E-state index is 10.6. The molecule has 0 atom stereocenters. The van der Waals surface area contributed by atoms with Crippen LogP contribution >= 0.6 is 12.6 Å². The summed E-state index contributed by atoms with van der Waals surface area (Å²) in [7, 11) is 0. The van der Waals surface area contributed by atoms with Crippen LogP contribution in [0.25, 0.3) is 6.08 Å². The lowest BCUT2D eigenvalue weighted by molar-refractivity contribution is -0.385. The van der Waals surface area contributed by atoms with Crippen LogP contribution in [0.5, 0.6) is 0 Å². The highest BCUT2D eigenvalue weighted by molar-refractivity contribution is 7.80. The van der Waals surface area contributed by atoms with Gasteiger partial charge in [-0.25, -0.2) is 0 Å². The molecule has 0 heterocycles. The van der Waals surface area contributed by atoms with E-state index < -0.39 is 0 Å². The second-order valence-electron chi connectivity index (χ2n) is 2.73. The largest absolute Gasteiger partial charge is 0.276 e. The van der Waals surface area contributed by atoms with Crippen molar-refractivity contribution >= 4 is 24.4 Å². The fourth-order valence-corrected chi connectivity index (χ4v) is 1.23. The monoisotopic (exact) mass is 209 g/mol. The lowest BCUT2D eigenvalue weighted by Gasteiger charge is -1.95. The average Bonchev–Trinajstić information content (AvgIpc) is 2.19. The molecule has 0 aliphatic heterocycles. The Morgan fingerprint density at radius 2 is 2.14 bits per heavy atom. The van der Waals surface area contributed by atoms with Gasteiger partial charge in [0.05, 0.1) is 10.5 Å². The Labute approximate surface area is 88.0 Å². The molecular formula is C10H11NO2S. The van der Waals surface area contributed by atoms with Crippen molar-refractivity contribution in [2.45, 2.75) is 6.42 Å². The van der Waals surface area contributed by atoms with Gasteiger partial charge >= 0.3 is 0 Å². The van der Waals surface area contributed by atoms with E-state index in [-0.39, 0.29) is 10.6 Å². The van der Waals surface area contributed by atoms with E-state index in [0.717, 1.165) is 12.2 Å². The second-order valence-corrected chi connectivity index (χ2v) is 3.18. The van der Waals surface area contributed by atoms with Gasteiger partial charge in [-0.2, -0.15) is 12.6 Å². The molecule has 0 bridgehead atoms. The van der Waals surface area contributed by atoms with Crippen molar-refractivity contribution in [1.82, 2.24) is 0 Å². The maximum Gasteiger partial charge on any atom is 0.276 e. The van der Waals surface area contributed by atoms with Crippen LogP contribution in [0.4, 0.5) is 5.69 Å². The topological polar surface area (TPSA) is 43.1 Å². The van der Waals surface area contributed by atoms with Crippen molar-refractivity contribution in [3.05, 3.63) is 46.0 Å². The molecule has 0 aromatic heterocycles. The minimum Gasteiger partial charge on any atom is -0.258 e. The van der Waals surface area contributed by atoms with Crippen LogP contribution in [-0.4, -0.2) is 10.7 Å². The van der Waals surface area contributed by atoms with E-state index in [0.29, 0.717) is 5.56 Å². The molecule has 0 saturated carbocycles. The highest BCUT2D eigenvalue weighted by Gasteiger charge is 2.08. The number of thiol groups is 1. The van der Waals surface area contributed by atoms with Crippen LogP contribution in [0.15, 0.2) is 30.3 Å². The van der Waals surface area contributed by atoms with Gasteiger partial charge in [0, 0.05) is 6.07 Å². The predicted octanol–water partition coefficient (Wildman–Crippen LogP) is 2.93. The van der Waals surface area contributed by atoms with E-state index in [2.05, 4.69) is 12.6 Å². The average molecular weight is 209 g/mol. The fourth-order valence-electron chi connectivity index (χ4n) is 1.08. The van der Waals surface area contributed by atoms with Crippen LogP contribution in [0.3, 0.4) is 0 Å². The van der Waals surface area contributed by atoms with E-state index in [1.165, 1.54) is 6.07 Å². The zero-order valence-electron chi connectivity index (χ0n) is 7.59. The number of nitro benzene ring substituents is 1. The molecular weight excluding hydrogens is 198 g/mol. The summed E-state index contributed by atoms with van der Waals surface area (Å²) in [6, 6.07) is 6.68. The third-order valence-electron chi connectivity index (χ3n) is 1.73. The van der Waals surface area contributed by atoms with Crippen molar-refractivity contribution in [3.63, 3.8) is 0 Å². The molecule has 4 heteroatoms. The Kier molecular flexibility index (Phi) is 4.19. The second kappa shape index (κ2) is 5.44. The van der Waals surface area contributed by atoms with Gasteiger partial charge in [0.25, 0.3) is 5.69 Å². The summed E-state index contributed by atoms with van der Waals surface area (Å²) in [5.74, 6) is 0.747. The number of allylic oxidation sites excluding steroid dienone is 1. The van der Waals surface area contributed by atoms with Crippen LogP contribution in [-0.2, 0) is 0 Å². The summed E-state index contributed by atoms with van der Waals surface area (Å²) in [5, 5.41) is 10.6. The van der Waals surface area contributed by atoms with Gasteiger partial charge in [-0.15, -0.1) is 0 Å². The first-order valence-electron chi connectivity index (χ1n) is 4.26. The Morgan fingerprint density at radius 3 is 2.79 bits per heavy atom. The van der Waals surface area contributed by atoms with E-state index >= 15 is 0 Å². The molecule has 0 amide bonds. The van der Waals surface area contributed by atoms with Crippen LogP contribution in [0.1, 0.15) is 12.0 Å². The highest BCUT2D eigenvalue weighted by atomic mass is 32.1. The number of nitro groups is 1. The first kappa shape index (κ1) is 10.8. The van der Waals surface area contributed by atoms with E-state index in [1.54, 1.807) is 24.3 Å². The molecule has 1 rings (SSSR count). The summed E-state index contributed by atoms with van der Waals surface area (Å²) in [6.07, 6.45) is 4.46. The van der Waals surface area contributed by atoms with Crippen molar-refractivity contribution in [3.8, 4) is 0 Å². The molecule has 0 unspecified atom stereocenters. The number of para-hydroxylation sites is 1. The van der Waals surface area contributed by atoms with Crippen LogP contribution in [0, 0.1) is 10.1 Å². The molecule has 14 heavy (non-hydrogen) atoms. The molecule has 0 radical (unpaired) electrons. The molecule has 1 aromatic rings. The zero-order chi connectivity index (χ0) is 10.4. The number of nitrogens with zero attached hydrogens (tertiary/aromatic N) is 1. The normalized spacial score (nSPS) is 10.6. The molecule has 3 nitrogen and oxygen atoms in total. The van der Waals surface area contributed by atoms with E-state index in [1.807, 2.05) is 6.08 Å². The van der Waals surface area contributed by atoms with Gasteiger partial charge in [0.1, 0.15) is 0 Å². The molecule has 0 saturated heterocycles. The van der Waals surface area contributed by atoms with Crippen molar-refractivity contribution < 1.29 is 4.92 Å². The smallest absolute Gasteiger partial charge is 0.258 e. The van der Waals surface area contributed by atoms with Crippen molar-refractivity contribution in [2.75, 3.05) is 5.75 Å². The fraction of sp³-hybridized carbons (Fsp3) is 0.200. The third kappa shape index (κ3) is 2.88. The number of hydrogen-bond donors (Lipinski definition) is 1. The van der Waals surface area contributed by atoms with Gasteiger partial charge in [0.15, 0.2) is 0 Å². The Morgan fingerprint density at radius 1 is 1.43 bits per heavy atom. The predicted molar refractivity (Wildman–Crippen MR) is 60.6 cm³/mol. The summed E-state index contributed by atoms with van der Waals surface area (Å²) in [5.41, 5.74) is 0.780. The first-order chi connectivity index (χ1) is 6.75. The molecule has 74 valence electrons. The van der Waals surface area contributed by atoms with Gasteiger partial charge < -0.3 is 0 Å². The van der Waals surface area contributed by atoms with Gasteiger partial charge in [-0.1, -0.05) is 24.3 Å². The lowest BCUT2D eigenvalue weighted by atomic mass is 10.1. The standard InChI is InChI=1S/C10H11NO2S/c12-11(13)10-7-2-1-5-9(10)6-3-4-8-14/h1-3,5-7,14H,4,8H2. The van der Waals surface area contributed by atoms with Gasteiger partial charge in [-0.3, -0.25) is 10.1 Å². The van der Waals surface area contributed by atoms with Crippen molar-refractivity contribution in [2.24, 2.45) is 0 Å². The number of rotatable bonds is 4. The Bertz CT molecular complexity index is 350. The number of hydrogen-bond acceptors (Lipinski definition) is 3. The Balaban J connectivity index is 2.90. The molecule has 0 fully saturated rings. The minimum absolute atomic E-state index is 0.142. The summed E-state index contributed by atoms with van der Waals surface area (Å²) in [4.78, 5) is 10.2. The molecule has 0 spiro atoms. The molecule has 1 aromatic carbocycles. The summed E-state index contributed by atoms with van der Waals surface area (Å²) >= 11 is 4.05. The number of benzene rings is 1. The minimum atomic E-state index is -0.375. The first-order valence-corrected chi connectivity index (χ1v) is 4.90. The van der Waals surface area contributed by atoms with Gasteiger partial charge in [0.2, 0.25) is 0 Å². The quantitative estimate of drug-likeness (QED) is 0.470. The SMILES string of the molecule is O=[N+]([O-])c1ccccc1C=CCCS. The van der Waals surface area contributed by atoms with E-state index in [4.69, 9.17) is 0 Å². The molecule has 0 aliphatic rings.